The SMILES string of the molecule is NC(=O)c1ccc(NC(=O)c2cnc3ccccc3n2)cc1Cl. The number of hydrogen-bond acceptors (Lipinski definition) is 4. The first-order chi connectivity index (χ1) is 11.0. The molecule has 7 heteroatoms. The molecule has 0 fully saturated rings. The lowest BCUT2D eigenvalue weighted by molar-refractivity contribution is 0.0998. The highest BCUT2D eigenvalue weighted by Gasteiger charge is 2.12. The average Bonchev–Trinajstić information content (AvgIpc) is 2.54. The fourth-order valence-corrected chi connectivity index (χ4v) is 2.33. The van der Waals surface area contributed by atoms with Crippen LogP contribution in [-0.2, 0) is 0 Å². The van der Waals surface area contributed by atoms with Crippen molar-refractivity contribution in [2.75, 3.05) is 5.32 Å². The number of nitrogens with two attached hydrogens (primary N) is 1. The predicted molar refractivity (Wildman–Crippen MR) is 87.5 cm³/mol. The molecule has 0 atom stereocenters. The second-order valence-electron chi connectivity index (χ2n) is 4.76. The van der Waals surface area contributed by atoms with Gasteiger partial charge in [-0.15, -0.1) is 0 Å². The Labute approximate surface area is 136 Å². The lowest BCUT2D eigenvalue weighted by atomic mass is 10.2. The summed E-state index contributed by atoms with van der Waals surface area (Å²) in [6.45, 7) is 0. The van der Waals surface area contributed by atoms with E-state index in [4.69, 9.17) is 17.3 Å². The van der Waals surface area contributed by atoms with Gasteiger partial charge in [-0.3, -0.25) is 14.6 Å². The summed E-state index contributed by atoms with van der Waals surface area (Å²) in [5.74, 6) is -1.06. The number of nitrogens with zero attached hydrogens (tertiary/aromatic N) is 2. The van der Waals surface area contributed by atoms with Crippen molar-refractivity contribution in [3.05, 3.63) is 64.9 Å². The Balaban J connectivity index is 1.85. The molecule has 0 saturated carbocycles. The summed E-state index contributed by atoms with van der Waals surface area (Å²) >= 11 is 5.95. The predicted octanol–water partition coefficient (Wildman–Crippen LogP) is 2.63. The Morgan fingerprint density at radius 1 is 1.09 bits per heavy atom. The number of carbonyl (C=O) groups excluding carboxylic acids is 2. The van der Waals surface area contributed by atoms with Gasteiger partial charge in [-0.2, -0.15) is 0 Å². The maximum Gasteiger partial charge on any atom is 0.275 e. The van der Waals surface area contributed by atoms with E-state index in [2.05, 4.69) is 15.3 Å². The quantitative estimate of drug-likeness (QED) is 0.773. The standard InChI is InChI=1S/C16H11ClN4O2/c17-11-7-9(5-6-10(11)15(18)22)20-16(23)14-8-19-12-3-1-2-4-13(12)21-14/h1-8H,(H2,18,22)(H,20,23). The Bertz CT molecular complexity index is 927. The van der Waals surface area contributed by atoms with Crippen molar-refractivity contribution in [1.82, 2.24) is 9.97 Å². The van der Waals surface area contributed by atoms with Crippen LogP contribution >= 0.6 is 11.6 Å². The topological polar surface area (TPSA) is 98.0 Å². The summed E-state index contributed by atoms with van der Waals surface area (Å²) in [5.41, 5.74) is 7.31. The molecule has 0 unspecified atom stereocenters. The van der Waals surface area contributed by atoms with E-state index >= 15 is 0 Å². The summed E-state index contributed by atoms with van der Waals surface area (Å²) in [7, 11) is 0. The number of amides is 2. The minimum atomic E-state index is -0.631. The number of hydrogen-bond donors (Lipinski definition) is 2. The van der Waals surface area contributed by atoms with Gasteiger partial charge < -0.3 is 11.1 Å². The van der Waals surface area contributed by atoms with Crippen LogP contribution in [0.5, 0.6) is 0 Å². The molecule has 0 aliphatic heterocycles. The number of benzene rings is 2. The fraction of sp³-hybridized carbons (Fsp3) is 0. The summed E-state index contributed by atoms with van der Waals surface area (Å²) in [4.78, 5) is 31.8. The van der Waals surface area contributed by atoms with E-state index < -0.39 is 11.8 Å². The minimum absolute atomic E-state index is 0.167. The van der Waals surface area contributed by atoms with Gasteiger partial charge >= 0.3 is 0 Å². The molecule has 114 valence electrons. The molecule has 0 aliphatic rings. The summed E-state index contributed by atoms with van der Waals surface area (Å²) in [6.07, 6.45) is 1.40. The van der Waals surface area contributed by atoms with Gasteiger partial charge in [-0.05, 0) is 30.3 Å². The van der Waals surface area contributed by atoms with Gasteiger partial charge in [0.05, 0.1) is 27.8 Å². The first-order valence-corrected chi connectivity index (χ1v) is 7.05. The number of rotatable bonds is 3. The Morgan fingerprint density at radius 3 is 2.52 bits per heavy atom. The highest BCUT2D eigenvalue weighted by molar-refractivity contribution is 6.34. The van der Waals surface area contributed by atoms with Gasteiger partial charge in [0, 0.05) is 5.69 Å². The van der Waals surface area contributed by atoms with E-state index in [9.17, 15) is 9.59 Å². The fourth-order valence-electron chi connectivity index (χ4n) is 2.05. The molecule has 0 bridgehead atoms. The van der Waals surface area contributed by atoms with Crippen LogP contribution in [0, 0.1) is 0 Å². The van der Waals surface area contributed by atoms with Crippen LogP contribution in [0.4, 0.5) is 5.69 Å². The zero-order chi connectivity index (χ0) is 16.4. The molecule has 0 radical (unpaired) electrons. The van der Waals surface area contributed by atoms with Crippen molar-refractivity contribution < 1.29 is 9.59 Å². The molecule has 23 heavy (non-hydrogen) atoms. The zero-order valence-corrected chi connectivity index (χ0v) is 12.5. The molecule has 0 saturated heterocycles. The van der Waals surface area contributed by atoms with Gasteiger partial charge in [0.2, 0.25) is 5.91 Å². The van der Waals surface area contributed by atoms with Crippen molar-refractivity contribution in [2.45, 2.75) is 0 Å². The van der Waals surface area contributed by atoms with Crippen LogP contribution in [0.15, 0.2) is 48.7 Å². The van der Waals surface area contributed by atoms with E-state index in [0.29, 0.717) is 16.7 Å². The molecule has 1 heterocycles. The third-order valence-electron chi connectivity index (χ3n) is 3.17. The smallest absolute Gasteiger partial charge is 0.275 e. The number of fused-ring (bicyclic) bond motifs is 1. The number of anilines is 1. The number of carbonyl (C=O) groups is 2. The number of aromatic nitrogens is 2. The van der Waals surface area contributed by atoms with Crippen molar-refractivity contribution in [1.29, 1.82) is 0 Å². The molecule has 3 aromatic rings. The lowest BCUT2D eigenvalue weighted by Crippen LogP contribution is -2.15. The Morgan fingerprint density at radius 2 is 1.83 bits per heavy atom. The van der Waals surface area contributed by atoms with Gasteiger partial charge in [0.1, 0.15) is 5.69 Å². The van der Waals surface area contributed by atoms with Crippen molar-refractivity contribution >= 4 is 40.1 Å². The Hall–Kier alpha value is -2.99. The first-order valence-electron chi connectivity index (χ1n) is 6.67. The molecule has 3 N–H and O–H groups in total. The molecule has 0 spiro atoms. The van der Waals surface area contributed by atoms with Crippen molar-refractivity contribution in [3.63, 3.8) is 0 Å². The van der Waals surface area contributed by atoms with Gasteiger partial charge in [-0.1, -0.05) is 23.7 Å². The second-order valence-corrected chi connectivity index (χ2v) is 5.16. The normalized spacial score (nSPS) is 10.5. The van der Waals surface area contributed by atoms with E-state index in [1.54, 1.807) is 12.1 Å². The number of primary amides is 1. The van der Waals surface area contributed by atoms with Crippen LogP contribution in [0.2, 0.25) is 5.02 Å². The highest BCUT2D eigenvalue weighted by Crippen LogP contribution is 2.21. The summed E-state index contributed by atoms with van der Waals surface area (Å²) in [6, 6.07) is 11.7. The van der Waals surface area contributed by atoms with E-state index in [1.807, 2.05) is 18.2 Å². The first kappa shape index (κ1) is 14.9. The summed E-state index contributed by atoms with van der Waals surface area (Å²) in [5, 5.41) is 2.82. The van der Waals surface area contributed by atoms with E-state index in [0.717, 1.165) is 0 Å². The second kappa shape index (κ2) is 6.02. The van der Waals surface area contributed by atoms with Crippen LogP contribution in [-0.4, -0.2) is 21.8 Å². The largest absolute Gasteiger partial charge is 0.366 e. The van der Waals surface area contributed by atoms with Crippen LogP contribution < -0.4 is 11.1 Å². The average molecular weight is 327 g/mol. The van der Waals surface area contributed by atoms with Gasteiger partial charge in [0.15, 0.2) is 0 Å². The molecule has 6 nitrogen and oxygen atoms in total. The van der Waals surface area contributed by atoms with Crippen LogP contribution in [0.3, 0.4) is 0 Å². The number of halogens is 1. The molecule has 3 rings (SSSR count). The van der Waals surface area contributed by atoms with Crippen LogP contribution in [0.25, 0.3) is 11.0 Å². The van der Waals surface area contributed by atoms with Crippen molar-refractivity contribution in [2.24, 2.45) is 5.73 Å². The molecule has 0 aliphatic carbocycles. The molecular weight excluding hydrogens is 316 g/mol. The minimum Gasteiger partial charge on any atom is -0.366 e. The number of nitrogens with one attached hydrogen (secondary N) is 1. The van der Waals surface area contributed by atoms with Gasteiger partial charge in [-0.25, -0.2) is 4.98 Å². The number of para-hydroxylation sites is 2. The maximum atomic E-state index is 12.2. The third kappa shape index (κ3) is 3.12. The Kier molecular flexibility index (Phi) is 3.91. The van der Waals surface area contributed by atoms with Crippen LogP contribution in [0.1, 0.15) is 20.8 Å². The lowest BCUT2D eigenvalue weighted by Gasteiger charge is -2.07. The van der Waals surface area contributed by atoms with Gasteiger partial charge in [0.25, 0.3) is 5.91 Å². The maximum absolute atomic E-state index is 12.2. The molecule has 1 aromatic heterocycles. The van der Waals surface area contributed by atoms with E-state index in [-0.39, 0.29) is 16.3 Å². The van der Waals surface area contributed by atoms with E-state index in [1.165, 1.54) is 18.3 Å². The van der Waals surface area contributed by atoms with Crippen molar-refractivity contribution in [3.8, 4) is 0 Å². The molecular formula is C16H11ClN4O2. The third-order valence-corrected chi connectivity index (χ3v) is 3.49. The highest BCUT2D eigenvalue weighted by atomic mass is 35.5. The summed E-state index contributed by atoms with van der Waals surface area (Å²) < 4.78 is 0. The zero-order valence-electron chi connectivity index (χ0n) is 11.8. The monoisotopic (exact) mass is 326 g/mol. The molecule has 2 aromatic carbocycles. The molecule has 2 amide bonds.